The summed E-state index contributed by atoms with van der Waals surface area (Å²) < 4.78 is 29.2. The van der Waals surface area contributed by atoms with Crippen LogP contribution in [-0.2, 0) is 0 Å². The molecule has 0 radical (unpaired) electrons. The number of anilines is 1. The van der Waals surface area contributed by atoms with Crippen molar-refractivity contribution in [3.05, 3.63) is 47.5 Å². The molecule has 2 aromatic heterocycles. The molecule has 4 rings (SSSR count). The van der Waals surface area contributed by atoms with Gasteiger partial charge >= 0.3 is 5.97 Å². The Balaban J connectivity index is 1.98. The summed E-state index contributed by atoms with van der Waals surface area (Å²) in [6.45, 7) is 4.21. The van der Waals surface area contributed by atoms with Crippen molar-refractivity contribution in [3.63, 3.8) is 0 Å². The van der Waals surface area contributed by atoms with Crippen LogP contribution in [0.5, 0.6) is 0 Å². The first kappa shape index (κ1) is 20.2. The molecule has 2 N–H and O–H groups in total. The maximum atomic E-state index is 14.3. The fourth-order valence-corrected chi connectivity index (χ4v) is 3.76. The Hall–Kier alpha value is -3.07. The number of piperidine rings is 1. The number of hydrogen-bond donors (Lipinski definition) is 2. The van der Waals surface area contributed by atoms with Crippen LogP contribution in [0.2, 0.25) is 0 Å². The number of benzene rings is 1. The second-order valence-corrected chi connectivity index (χ2v) is 7.78. The van der Waals surface area contributed by atoms with Gasteiger partial charge in [-0.25, -0.2) is 23.2 Å². The second-order valence-electron chi connectivity index (χ2n) is 7.78. The highest BCUT2D eigenvalue weighted by atomic mass is 19.1. The van der Waals surface area contributed by atoms with Crippen LogP contribution in [0.15, 0.2) is 30.3 Å². The van der Waals surface area contributed by atoms with Crippen molar-refractivity contribution in [3.8, 4) is 5.69 Å². The average Bonchev–Trinajstić information content (AvgIpc) is 3.10. The first-order valence-corrected chi connectivity index (χ1v) is 9.76. The zero-order valence-corrected chi connectivity index (χ0v) is 16.6. The SMILES string of the molecule is CC(C)c1nn(-c2ccc(F)cc2)c2nc(C(=O)O)cc(N3CC[C@@H](O)[C@H](F)C3)c12. The number of aliphatic hydroxyl groups is 1. The van der Waals surface area contributed by atoms with Gasteiger partial charge in [0.05, 0.1) is 35.1 Å². The Bertz CT molecular complexity index is 1100. The minimum absolute atomic E-state index is 0.0259. The standard InChI is InChI=1S/C21H22F2N4O3/c1-11(2)19-18-16(26-8-7-17(28)14(23)10-26)9-15(21(29)30)24-20(18)27(25-19)13-5-3-12(22)4-6-13/h3-6,9,11,14,17,28H,7-8,10H2,1-2H3,(H,29,30)/t14-,17-/m1/s1. The molecule has 0 bridgehead atoms. The van der Waals surface area contributed by atoms with Crippen LogP contribution >= 0.6 is 0 Å². The fourth-order valence-electron chi connectivity index (χ4n) is 3.76. The van der Waals surface area contributed by atoms with Crippen molar-refractivity contribution in [2.45, 2.75) is 38.5 Å². The number of rotatable bonds is 4. The van der Waals surface area contributed by atoms with Gasteiger partial charge in [-0.15, -0.1) is 0 Å². The largest absolute Gasteiger partial charge is 0.477 e. The molecule has 2 atom stereocenters. The lowest BCUT2D eigenvalue weighted by molar-refractivity contribution is 0.0615. The highest BCUT2D eigenvalue weighted by Gasteiger charge is 2.31. The van der Waals surface area contributed by atoms with Crippen molar-refractivity contribution in [1.29, 1.82) is 0 Å². The molecule has 1 aliphatic rings. The summed E-state index contributed by atoms with van der Waals surface area (Å²) in [4.78, 5) is 17.8. The van der Waals surface area contributed by atoms with Gasteiger partial charge in [0.15, 0.2) is 11.3 Å². The number of nitrogens with zero attached hydrogens (tertiary/aromatic N) is 4. The molecule has 30 heavy (non-hydrogen) atoms. The third kappa shape index (κ3) is 3.49. The van der Waals surface area contributed by atoms with E-state index in [1.54, 1.807) is 4.90 Å². The highest BCUT2D eigenvalue weighted by Crippen LogP contribution is 2.36. The molecule has 0 spiro atoms. The third-order valence-corrected chi connectivity index (χ3v) is 5.33. The molecule has 0 aliphatic carbocycles. The number of carboxylic acids is 1. The zero-order valence-electron chi connectivity index (χ0n) is 16.6. The molecule has 1 aliphatic heterocycles. The maximum Gasteiger partial charge on any atom is 0.354 e. The Labute approximate surface area is 171 Å². The van der Waals surface area contributed by atoms with Gasteiger partial charge < -0.3 is 15.1 Å². The topological polar surface area (TPSA) is 91.5 Å². The van der Waals surface area contributed by atoms with Gasteiger partial charge in [-0.05, 0) is 42.7 Å². The van der Waals surface area contributed by atoms with E-state index in [1.165, 1.54) is 35.0 Å². The lowest BCUT2D eigenvalue weighted by Gasteiger charge is -2.34. The van der Waals surface area contributed by atoms with E-state index in [2.05, 4.69) is 10.1 Å². The van der Waals surface area contributed by atoms with Gasteiger partial charge in [-0.1, -0.05) is 13.8 Å². The molecule has 0 unspecified atom stereocenters. The number of aromatic nitrogens is 3. The normalized spacial score (nSPS) is 19.6. The van der Waals surface area contributed by atoms with E-state index in [0.29, 0.717) is 34.6 Å². The molecular formula is C21H22F2N4O3. The van der Waals surface area contributed by atoms with Crippen LogP contribution in [0.4, 0.5) is 14.5 Å². The Morgan fingerprint density at radius 1 is 1.27 bits per heavy atom. The van der Waals surface area contributed by atoms with E-state index >= 15 is 0 Å². The second kappa shape index (κ2) is 7.64. The van der Waals surface area contributed by atoms with Gasteiger partial charge in [-0.2, -0.15) is 5.10 Å². The number of alkyl halides is 1. The van der Waals surface area contributed by atoms with Crippen molar-refractivity contribution < 1.29 is 23.8 Å². The van der Waals surface area contributed by atoms with Crippen molar-refractivity contribution in [1.82, 2.24) is 14.8 Å². The van der Waals surface area contributed by atoms with Crippen LogP contribution in [0.1, 0.15) is 42.4 Å². The summed E-state index contributed by atoms with van der Waals surface area (Å²) in [5.74, 6) is -1.65. The minimum atomic E-state index is -1.44. The third-order valence-electron chi connectivity index (χ3n) is 5.33. The maximum absolute atomic E-state index is 14.3. The molecule has 1 aromatic carbocycles. The summed E-state index contributed by atoms with van der Waals surface area (Å²) >= 11 is 0. The predicted octanol–water partition coefficient (Wildman–Crippen LogP) is 3.29. The molecule has 9 heteroatoms. The van der Waals surface area contributed by atoms with E-state index < -0.39 is 24.1 Å². The first-order chi connectivity index (χ1) is 14.3. The number of aromatic carboxylic acids is 1. The van der Waals surface area contributed by atoms with E-state index in [0.717, 1.165) is 0 Å². The van der Waals surface area contributed by atoms with Crippen LogP contribution in [0, 0.1) is 5.82 Å². The molecule has 0 saturated carbocycles. The van der Waals surface area contributed by atoms with Gasteiger partial charge in [0, 0.05) is 6.54 Å². The number of pyridine rings is 1. The number of carboxylic acid groups (broad SMARTS) is 1. The lowest BCUT2D eigenvalue weighted by atomic mass is 10.0. The summed E-state index contributed by atoms with van der Waals surface area (Å²) in [5.41, 5.74) is 1.84. The van der Waals surface area contributed by atoms with Gasteiger partial charge in [0.1, 0.15) is 12.0 Å². The number of halogens is 2. The van der Waals surface area contributed by atoms with Gasteiger partial charge in [0.2, 0.25) is 0 Å². The first-order valence-electron chi connectivity index (χ1n) is 9.76. The highest BCUT2D eigenvalue weighted by molar-refractivity contribution is 5.98. The number of aliphatic hydroxyl groups excluding tert-OH is 1. The summed E-state index contributed by atoms with van der Waals surface area (Å²) in [7, 11) is 0. The van der Waals surface area contributed by atoms with Crippen molar-refractivity contribution >= 4 is 22.7 Å². The van der Waals surface area contributed by atoms with E-state index in [-0.39, 0.29) is 24.6 Å². The van der Waals surface area contributed by atoms with E-state index in [4.69, 9.17) is 0 Å². The number of hydrogen-bond acceptors (Lipinski definition) is 5. The average molecular weight is 416 g/mol. The monoisotopic (exact) mass is 416 g/mol. The predicted molar refractivity (Wildman–Crippen MR) is 108 cm³/mol. The van der Waals surface area contributed by atoms with Crippen molar-refractivity contribution in [2.24, 2.45) is 0 Å². The molecule has 3 aromatic rings. The molecule has 0 amide bonds. The fraction of sp³-hybridized carbons (Fsp3) is 0.381. The van der Waals surface area contributed by atoms with E-state index in [9.17, 15) is 23.8 Å². The summed E-state index contributed by atoms with van der Waals surface area (Å²) in [6, 6.07) is 7.09. The van der Waals surface area contributed by atoms with Gasteiger partial charge in [-0.3, -0.25) is 0 Å². The summed E-state index contributed by atoms with van der Waals surface area (Å²) in [5, 5.41) is 24.6. The van der Waals surface area contributed by atoms with Crippen LogP contribution in [0.3, 0.4) is 0 Å². The lowest BCUT2D eigenvalue weighted by Crippen LogP contribution is -2.44. The number of carbonyl (C=O) groups is 1. The zero-order chi connectivity index (χ0) is 21.6. The van der Waals surface area contributed by atoms with Crippen LogP contribution in [-0.4, -0.2) is 56.3 Å². The molecular weight excluding hydrogens is 394 g/mol. The Morgan fingerprint density at radius 2 is 1.97 bits per heavy atom. The molecule has 1 saturated heterocycles. The Kier molecular flexibility index (Phi) is 5.15. The van der Waals surface area contributed by atoms with Crippen LogP contribution in [0.25, 0.3) is 16.7 Å². The molecule has 158 valence electrons. The Morgan fingerprint density at radius 3 is 2.57 bits per heavy atom. The molecule has 7 nitrogen and oxygen atoms in total. The number of fused-ring (bicyclic) bond motifs is 1. The molecule has 1 fully saturated rings. The smallest absolute Gasteiger partial charge is 0.354 e. The summed E-state index contributed by atoms with van der Waals surface area (Å²) in [6.07, 6.45) is -2.25. The molecule has 3 heterocycles. The van der Waals surface area contributed by atoms with E-state index in [1.807, 2.05) is 13.8 Å². The van der Waals surface area contributed by atoms with Crippen molar-refractivity contribution in [2.75, 3.05) is 18.0 Å². The quantitative estimate of drug-likeness (QED) is 0.678. The van der Waals surface area contributed by atoms with Crippen LogP contribution < -0.4 is 4.90 Å². The van der Waals surface area contributed by atoms with Gasteiger partial charge in [0.25, 0.3) is 0 Å². The minimum Gasteiger partial charge on any atom is -0.477 e.